The van der Waals surface area contributed by atoms with Crippen molar-refractivity contribution in [3.05, 3.63) is 28.7 Å². The van der Waals surface area contributed by atoms with Gasteiger partial charge in [-0.2, -0.15) is 0 Å². The van der Waals surface area contributed by atoms with Gasteiger partial charge in [0.05, 0.1) is 0 Å². The lowest BCUT2D eigenvalue weighted by Crippen LogP contribution is -1.74. The molecule has 3 heteroatoms. The van der Waals surface area contributed by atoms with E-state index in [4.69, 9.17) is 0 Å². The summed E-state index contributed by atoms with van der Waals surface area (Å²) in [6, 6.07) is 8.45. The van der Waals surface area contributed by atoms with E-state index in [0.717, 1.165) is 4.47 Å². The van der Waals surface area contributed by atoms with Crippen LogP contribution in [0.4, 0.5) is 4.70 Å². The summed E-state index contributed by atoms with van der Waals surface area (Å²) >= 11 is 5.31. The first-order valence-corrected chi connectivity index (χ1v) is 5.49. The Morgan fingerprint density at radius 1 is 1.25 bits per heavy atom. The summed E-state index contributed by atoms with van der Waals surface area (Å²) in [5, 5.41) is 0. The molecule has 0 nitrogen and oxygen atoms in total. The standard InChI is InChI=1S/C9H11BrS.FH/c1-2-7-11-9-5-3-8(10)4-6-9;/h3-6H,2,7H2,1H3;1H. The molecule has 0 unspecified atom stereocenters. The van der Waals surface area contributed by atoms with Gasteiger partial charge in [0, 0.05) is 9.37 Å². The van der Waals surface area contributed by atoms with Crippen molar-refractivity contribution in [1.29, 1.82) is 0 Å². The Bertz CT molecular complexity index is 210. The Labute approximate surface area is 85.2 Å². The van der Waals surface area contributed by atoms with Gasteiger partial charge in [0.25, 0.3) is 0 Å². The van der Waals surface area contributed by atoms with Gasteiger partial charge >= 0.3 is 0 Å². The topological polar surface area (TPSA) is 0 Å². The van der Waals surface area contributed by atoms with Crippen molar-refractivity contribution in [1.82, 2.24) is 0 Å². The fourth-order valence-electron chi connectivity index (χ4n) is 0.751. The van der Waals surface area contributed by atoms with Crippen LogP contribution >= 0.6 is 27.7 Å². The van der Waals surface area contributed by atoms with Crippen LogP contribution in [0.1, 0.15) is 13.3 Å². The van der Waals surface area contributed by atoms with Crippen molar-refractivity contribution in [3.63, 3.8) is 0 Å². The average Bonchev–Trinajstić information content (AvgIpc) is 2.04. The zero-order valence-corrected chi connectivity index (χ0v) is 9.32. The van der Waals surface area contributed by atoms with E-state index in [0.29, 0.717) is 0 Å². The monoisotopic (exact) mass is 250 g/mol. The molecule has 0 amide bonds. The molecule has 0 aliphatic carbocycles. The molecule has 0 saturated carbocycles. The zero-order chi connectivity index (χ0) is 8.10. The highest BCUT2D eigenvalue weighted by Gasteiger charge is 1.91. The van der Waals surface area contributed by atoms with Crippen LogP contribution in [0.2, 0.25) is 0 Å². The second kappa shape index (κ2) is 6.49. The van der Waals surface area contributed by atoms with Gasteiger partial charge in [0.1, 0.15) is 0 Å². The van der Waals surface area contributed by atoms with E-state index in [1.165, 1.54) is 17.1 Å². The van der Waals surface area contributed by atoms with Crippen molar-refractivity contribution < 1.29 is 4.70 Å². The molecule has 0 aliphatic heterocycles. The summed E-state index contributed by atoms with van der Waals surface area (Å²) in [6.45, 7) is 2.20. The van der Waals surface area contributed by atoms with E-state index in [1.54, 1.807) is 0 Å². The first-order chi connectivity index (χ1) is 5.33. The Balaban J connectivity index is 0.00000121. The molecule has 0 aliphatic rings. The van der Waals surface area contributed by atoms with Gasteiger partial charge in [-0.05, 0) is 36.4 Å². The van der Waals surface area contributed by atoms with Crippen LogP contribution in [-0.2, 0) is 0 Å². The second-order valence-corrected chi connectivity index (χ2v) is 4.39. The third-order valence-electron chi connectivity index (χ3n) is 1.29. The molecule has 0 atom stereocenters. The van der Waals surface area contributed by atoms with Crippen LogP contribution in [0.25, 0.3) is 0 Å². The summed E-state index contributed by atoms with van der Waals surface area (Å²) < 4.78 is 1.15. The third kappa shape index (κ3) is 4.12. The van der Waals surface area contributed by atoms with Gasteiger partial charge in [-0.25, -0.2) is 0 Å². The Kier molecular flexibility index (Phi) is 6.48. The van der Waals surface area contributed by atoms with Crippen molar-refractivity contribution in [2.24, 2.45) is 0 Å². The summed E-state index contributed by atoms with van der Waals surface area (Å²) in [4.78, 5) is 1.36. The maximum atomic E-state index is 3.40. The summed E-state index contributed by atoms with van der Waals surface area (Å²) in [7, 11) is 0. The molecule has 0 bridgehead atoms. The molecule has 0 heterocycles. The van der Waals surface area contributed by atoms with E-state index in [2.05, 4.69) is 47.1 Å². The maximum Gasteiger partial charge on any atom is 0.0176 e. The normalized spacial score (nSPS) is 9.17. The SMILES string of the molecule is CCCSc1ccc(Br)cc1.F. The Morgan fingerprint density at radius 2 is 1.83 bits per heavy atom. The molecule has 0 N–H and O–H groups in total. The van der Waals surface area contributed by atoms with E-state index < -0.39 is 0 Å². The van der Waals surface area contributed by atoms with Gasteiger partial charge in [0.15, 0.2) is 0 Å². The second-order valence-electron chi connectivity index (χ2n) is 2.30. The molecule has 12 heavy (non-hydrogen) atoms. The van der Waals surface area contributed by atoms with Gasteiger partial charge in [-0.1, -0.05) is 22.9 Å². The van der Waals surface area contributed by atoms with Gasteiger partial charge in [-0.15, -0.1) is 11.8 Å². The number of halogens is 2. The number of hydrogen-bond donors (Lipinski definition) is 0. The van der Waals surface area contributed by atoms with E-state index in [1.807, 2.05) is 11.8 Å². The van der Waals surface area contributed by atoms with Crippen molar-refractivity contribution in [2.75, 3.05) is 5.75 Å². The quantitative estimate of drug-likeness (QED) is 0.728. The Hall–Kier alpha value is -0.0200. The van der Waals surface area contributed by atoms with Crippen molar-refractivity contribution in [3.8, 4) is 0 Å². The van der Waals surface area contributed by atoms with Crippen LogP contribution in [0.3, 0.4) is 0 Å². The minimum atomic E-state index is 0. The minimum absolute atomic E-state index is 0. The zero-order valence-electron chi connectivity index (χ0n) is 6.92. The predicted octanol–water partition coefficient (Wildman–Crippen LogP) is 4.10. The predicted molar refractivity (Wildman–Crippen MR) is 57.7 cm³/mol. The average molecular weight is 251 g/mol. The molecular formula is C9H12BrFS. The number of rotatable bonds is 3. The minimum Gasteiger partial charge on any atom is -0.269 e. The van der Waals surface area contributed by atoms with Gasteiger partial charge in [-0.3, -0.25) is 4.70 Å². The molecule has 1 rings (SSSR count). The van der Waals surface area contributed by atoms with Crippen LogP contribution in [0, 0.1) is 0 Å². The van der Waals surface area contributed by atoms with E-state index in [-0.39, 0.29) is 4.70 Å². The largest absolute Gasteiger partial charge is 0.269 e. The maximum absolute atomic E-state index is 3.40. The number of hydrogen-bond acceptors (Lipinski definition) is 1. The third-order valence-corrected chi connectivity index (χ3v) is 3.03. The highest BCUT2D eigenvalue weighted by atomic mass is 79.9. The van der Waals surface area contributed by atoms with Crippen LogP contribution in [0.15, 0.2) is 33.6 Å². The smallest absolute Gasteiger partial charge is 0.0176 e. The van der Waals surface area contributed by atoms with Crippen LogP contribution in [-0.4, -0.2) is 5.75 Å². The van der Waals surface area contributed by atoms with Crippen LogP contribution in [0.5, 0.6) is 0 Å². The molecular weight excluding hydrogens is 239 g/mol. The molecule has 1 aromatic rings. The van der Waals surface area contributed by atoms with Gasteiger partial charge in [0.2, 0.25) is 0 Å². The van der Waals surface area contributed by atoms with Crippen molar-refractivity contribution in [2.45, 2.75) is 18.2 Å². The molecule has 0 spiro atoms. The number of benzene rings is 1. The fourth-order valence-corrected chi connectivity index (χ4v) is 1.78. The molecule has 0 aromatic heterocycles. The molecule has 0 radical (unpaired) electrons. The number of thioether (sulfide) groups is 1. The Morgan fingerprint density at radius 3 is 2.33 bits per heavy atom. The van der Waals surface area contributed by atoms with Crippen molar-refractivity contribution >= 4 is 27.7 Å². The van der Waals surface area contributed by atoms with Crippen LogP contribution < -0.4 is 0 Å². The lowest BCUT2D eigenvalue weighted by molar-refractivity contribution is 1.10. The first kappa shape index (κ1) is 12.0. The first-order valence-electron chi connectivity index (χ1n) is 3.71. The van der Waals surface area contributed by atoms with E-state index in [9.17, 15) is 0 Å². The highest BCUT2D eigenvalue weighted by molar-refractivity contribution is 9.10. The summed E-state index contributed by atoms with van der Waals surface area (Å²) in [5.41, 5.74) is 0. The lowest BCUT2D eigenvalue weighted by atomic mass is 10.4. The summed E-state index contributed by atoms with van der Waals surface area (Å²) in [6.07, 6.45) is 1.24. The lowest BCUT2D eigenvalue weighted by Gasteiger charge is -1.98. The fraction of sp³-hybridized carbons (Fsp3) is 0.333. The molecule has 68 valence electrons. The highest BCUT2D eigenvalue weighted by Crippen LogP contribution is 2.20. The van der Waals surface area contributed by atoms with E-state index >= 15 is 0 Å². The van der Waals surface area contributed by atoms with Gasteiger partial charge < -0.3 is 0 Å². The molecule has 1 aromatic carbocycles. The molecule has 0 fully saturated rings. The summed E-state index contributed by atoms with van der Waals surface area (Å²) in [5.74, 6) is 1.21. The molecule has 0 saturated heterocycles.